The Labute approximate surface area is 305 Å². The molecule has 13 nitrogen and oxygen atoms in total. The first-order valence-electron chi connectivity index (χ1n) is 19.1. The SMILES string of the molecule is CCCC/C=C/C/C=C/CCCCCCCC(=O)O[C@H](COC(=O)CCCCCCCCCC)COP(=O)(O)OC1C(O)C(O)C(O)[C@@H](O)C1O. The molecule has 8 atom stereocenters. The molecule has 0 spiro atoms. The van der Waals surface area contributed by atoms with Crippen molar-refractivity contribution in [1.82, 2.24) is 0 Å². The molecule has 1 aliphatic carbocycles. The number of phosphoric acid groups is 1. The number of hydrogen-bond donors (Lipinski definition) is 6. The lowest BCUT2D eigenvalue weighted by Gasteiger charge is -2.41. The van der Waals surface area contributed by atoms with Gasteiger partial charge in [0.1, 0.15) is 43.2 Å². The Morgan fingerprint density at radius 2 is 1.08 bits per heavy atom. The molecule has 1 aliphatic rings. The Morgan fingerprint density at radius 1 is 0.608 bits per heavy atom. The van der Waals surface area contributed by atoms with Crippen LogP contribution in [0.2, 0.25) is 0 Å². The number of carbonyl (C=O) groups is 2. The molecular formula is C37H67O13P. The van der Waals surface area contributed by atoms with Crippen LogP contribution in [0.1, 0.15) is 142 Å². The van der Waals surface area contributed by atoms with Crippen molar-refractivity contribution in [1.29, 1.82) is 0 Å². The number of hydrogen-bond acceptors (Lipinski definition) is 12. The molecule has 0 amide bonds. The summed E-state index contributed by atoms with van der Waals surface area (Å²) < 4.78 is 33.2. The number of unbranched alkanes of at least 4 members (excludes halogenated alkanes) is 14. The molecule has 0 aromatic carbocycles. The number of aliphatic hydroxyl groups excluding tert-OH is 5. The quantitative estimate of drug-likeness (QED) is 0.0225. The van der Waals surface area contributed by atoms with Crippen LogP contribution in [0.4, 0.5) is 0 Å². The highest BCUT2D eigenvalue weighted by molar-refractivity contribution is 7.47. The Balaban J connectivity index is 2.55. The Kier molecular flexibility index (Phi) is 26.7. The van der Waals surface area contributed by atoms with E-state index in [1.165, 1.54) is 38.5 Å². The number of carbonyl (C=O) groups excluding carboxylic acids is 2. The Morgan fingerprint density at radius 3 is 1.65 bits per heavy atom. The third kappa shape index (κ3) is 22.2. The second-order valence-corrected chi connectivity index (χ2v) is 14.8. The van der Waals surface area contributed by atoms with Crippen LogP contribution in [0, 0.1) is 0 Å². The van der Waals surface area contributed by atoms with Crippen LogP contribution in [0.25, 0.3) is 0 Å². The van der Waals surface area contributed by atoms with Gasteiger partial charge in [-0.1, -0.05) is 115 Å². The third-order valence-electron chi connectivity index (χ3n) is 8.80. The van der Waals surface area contributed by atoms with Crippen molar-refractivity contribution in [3.05, 3.63) is 24.3 Å². The van der Waals surface area contributed by atoms with E-state index in [1.807, 2.05) is 0 Å². The molecule has 51 heavy (non-hydrogen) atoms. The number of rotatable bonds is 30. The molecule has 298 valence electrons. The summed E-state index contributed by atoms with van der Waals surface area (Å²) in [4.78, 5) is 35.3. The normalized spacial score (nSPS) is 24.2. The van der Waals surface area contributed by atoms with Gasteiger partial charge in [0, 0.05) is 12.8 Å². The summed E-state index contributed by atoms with van der Waals surface area (Å²) in [6.07, 6.45) is 14.1. The number of phosphoric ester groups is 1. The summed E-state index contributed by atoms with van der Waals surface area (Å²) in [5.74, 6) is -1.12. The van der Waals surface area contributed by atoms with Gasteiger partial charge in [0.2, 0.25) is 0 Å². The molecule has 0 aromatic rings. The van der Waals surface area contributed by atoms with E-state index in [0.717, 1.165) is 64.2 Å². The van der Waals surface area contributed by atoms with Crippen LogP contribution in [-0.2, 0) is 32.7 Å². The van der Waals surface area contributed by atoms with E-state index in [-0.39, 0.29) is 12.8 Å². The zero-order valence-electron chi connectivity index (χ0n) is 30.9. The van der Waals surface area contributed by atoms with Gasteiger partial charge in [-0.05, 0) is 38.5 Å². The van der Waals surface area contributed by atoms with Gasteiger partial charge in [-0.2, -0.15) is 0 Å². The first-order chi connectivity index (χ1) is 24.4. The molecular weight excluding hydrogens is 683 g/mol. The van der Waals surface area contributed by atoms with Gasteiger partial charge in [-0.15, -0.1) is 0 Å². The minimum absolute atomic E-state index is 0.0822. The molecule has 0 saturated heterocycles. The zero-order chi connectivity index (χ0) is 37.9. The number of aliphatic hydroxyl groups is 5. The summed E-state index contributed by atoms with van der Waals surface area (Å²) in [5.41, 5.74) is 0. The van der Waals surface area contributed by atoms with Crippen LogP contribution in [-0.4, -0.2) is 98.3 Å². The second-order valence-electron chi connectivity index (χ2n) is 13.4. The Hall–Kier alpha value is -1.67. The van der Waals surface area contributed by atoms with E-state index in [1.54, 1.807) is 0 Å². The molecule has 0 aromatic heterocycles. The maximum absolute atomic E-state index is 12.7. The van der Waals surface area contributed by atoms with Crippen molar-refractivity contribution < 1.29 is 63.1 Å². The molecule has 1 rings (SSSR count). The molecule has 0 aliphatic heterocycles. The number of ether oxygens (including phenoxy) is 2. The summed E-state index contributed by atoms with van der Waals surface area (Å²) >= 11 is 0. The average Bonchev–Trinajstić information content (AvgIpc) is 3.10. The van der Waals surface area contributed by atoms with Gasteiger partial charge in [0.05, 0.1) is 6.61 Å². The van der Waals surface area contributed by atoms with Gasteiger partial charge in [0.25, 0.3) is 0 Å². The second kappa shape index (κ2) is 28.8. The summed E-state index contributed by atoms with van der Waals surface area (Å²) in [7, 11) is -5.11. The highest BCUT2D eigenvalue weighted by Crippen LogP contribution is 2.47. The van der Waals surface area contributed by atoms with Gasteiger partial charge in [0.15, 0.2) is 6.10 Å². The Bertz CT molecular complexity index is 1010. The van der Waals surface area contributed by atoms with E-state index in [4.69, 9.17) is 18.5 Å². The van der Waals surface area contributed by atoms with Gasteiger partial charge in [-0.3, -0.25) is 18.6 Å². The van der Waals surface area contributed by atoms with E-state index in [0.29, 0.717) is 12.8 Å². The predicted octanol–water partition coefficient (Wildman–Crippen LogP) is 5.72. The van der Waals surface area contributed by atoms with Gasteiger partial charge < -0.3 is 39.9 Å². The molecule has 6 N–H and O–H groups in total. The smallest absolute Gasteiger partial charge is 0.462 e. The highest BCUT2D eigenvalue weighted by Gasteiger charge is 2.51. The lowest BCUT2D eigenvalue weighted by atomic mass is 9.85. The van der Waals surface area contributed by atoms with Crippen LogP contribution in [0.15, 0.2) is 24.3 Å². The number of esters is 2. The fourth-order valence-electron chi connectivity index (χ4n) is 5.60. The number of allylic oxidation sites excluding steroid dienone is 4. The maximum Gasteiger partial charge on any atom is 0.472 e. The standard InChI is InChI=1S/C37H67O13P/c1-3-5-7-9-11-13-14-15-16-17-18-20-22-24-26-31(39)49-29(27-47-30(38)25-23-21-19-12-10-8-6-4-2)28-48-51(45,46)50-37-35(43)33(41)32(40)34(42)36(37)44/h9,11,14-15,29,32-37,40-44H,3-8,10,12-13,16-28H2,1-2H3,(H,45,46)/b11-9+,15-14+/t29-,32?,33-,34?,35?,36?,37?/m1/s1. The lowest BCUT2D eigenvalue weighted by Crippen LogP contribution is -2.64. The fourth-order valence-corrected chi connectivity index (χ4v) is 6.57. The van der Waals surface area contributed by atoms with Crippen molar-refractivity contribution >= 4 is 19.8 Å². The topological polar surface area (TPSA) is 210 Å². The first-order valence-corrected chi connectivity index (χ1v) is 20.6. The van der Waals surface area contributed by atoms with Crippen molar-refractivity contribution in [2.45, 2.75) is 185 Å². The third-order valence-corrected chi connectivity index (χ3v) is 9.78. The molecule has 6 unspecified atom stereocenters. The van der Waals surface area contributed by atoms with E-state index < -0.39 is 75.7 Å². The minimum Gasteiger partial charge on any atom is -0.462 e. The molecule has 14 heteroatoms. The highest BCUT2D eigenvalue weighted by atomic mass is 31.2. The first kappa shape index (κ1) is 47.4. The summed E-state index contributed by atoms with van der Waals surface area (Å²) in [6.45, 7) is 3.17. The molecule has 0 bridgehead atoms. The van der Waals surface area contributed by atoms with Crippen molar-refractivity contribution in [2.24, 2.45) is 0 Å². The van der Waals surface area contributed by atoms with E-state index in [2.05, 4.69) is 38.2 Å². The molecule has 1 saturated carbocycles. The van der Waals surface area contributed by atoms with Crippen LogP contribution in [0.3, 0.4) is 0 Å². The average molecular weight is 751 g/mol. The summed E-state index contributed by atoms with van der Waals surface area (Å²) in [5, 5.41) is 49.8. The largest absolute Gasteiger partial charge is 0.472 e. The monoisotopic (exact) mass is 750 g/mol. The van der Waals surface area contributed by atoms with Crippen molar-refractivity contribution in [2.75, 3.05) is 13.2 Å². The molecule has 0 heterocycles. The van der Waals surface area contributed by atoms with E-state index >= 15 is 0 Å². The van der Waals surface area contributed by atoms with Crippen molar-refractivity contribution in [3.8, 4) is 0 Å². The van der Waals surface area contributed by atoms with Gasteiger partial charge >= 0.3 is 19.8 Å². The predicted molar refractivity (Wildman–Crippen MR) is 193 cm³/mol. The fraction of sp³-hybridized carbons (Fsp3) is 0.838. The van der Waals surface area contributed by atoms with E-state index in [9.17, 15) is 44.6 Å². The van der Waals surface area contributed by atoms with Crippen LogP contribution >= 0.6 is 7.82 Å². The molecule has 0 radical (unpaired) electrons. The lowest BCUT2D eigenvalue weighted by molar-refractivity contribution is -0.220. The van der Waals surface area contributed by atoms with Gasteiger partial charge in [-0.25, -0.2) is 4.57 Å². The van der Waals surface area contributed by atoms with Crippen LogP contribution < -0.4 is 0 Å². The molecule has 1 fully saturated rings. The zero-order valence-corrected chi connectivity index (χ0v) is 31.8. The minimum atomic E-state index is -5.11. The maximum atomic E-state index is 12.7. The van der Waals surface area contributed by atoms with Crippen LogP contribution in [0.5, 0.6) is 0 Å². The van der Waals surface area contributed by atoms with Crippen molar-refractivity contribution in [3.63, 3.8) is 0 Å². The summed E-state index contributed by atoms with van der Waals surface area (Å²) in [6, 6.07) is 0.